The molecule has 1 aromatic rings. The summed E-state index contributed by atoms with van der Waals surface area (Å²) < 4.78 is 13.1. The van der Waals surface area contributed by atoms with E-state index in [-0.39, 0.29) is 5.57 Å². The maximum Gasteiger partial charge on any atom is 0.287 e. The zero-order valence-corrected chi connectivity index (χ0v) is 9.03. The van der Waals surface area contributed by atoms with Crippen molar-refractivity contribution in [2.45, 2.75) is 13.0 Å². The van der Waals surface area contributed by atoms with Crippen molar-refractivity contribution in [1.29, 1.82) is 0 Å². The molecule has 0 bridgehead atoms. The molecule has 1 atom stereocenters. The van der Waals surface area contributed by atoms with Gasteiger partial charge in [0.2, 0.25) is 0 Å². The Morgan fingerprint density at radius 2 is 2.18 bits per heavy atom. The molecule has 17 heavy (non-hydrogen) atoms. The Morgan fingerprint density at radius 1 is 1.47 bits per heavy atom. The lowest BCUT2D eigenvalue weighted by molar-refractivity contribution is -0.119. The van der Waals surface area contributed by atoms with Gasteiger partial charge in [-0.1, -0.05) is 12.1 Å². The Bertz CT molecular complexity index is 536. The van der Waals surface area contributed by atoms with Gasteiger partial charge >= 0.3 is 0 Å². The second-order valence-corrected chi connectivity index (χ2v) is 3.78. The standard InChI is InChI=1S/C12H10FNO3/c1-6(15)9-10(14-12(17)11(9)16)7-3-2-4-8(13)5-7/h2-5,10,16H,1H3,(H,14,17). The van der Waals surface area contributed by atoms with Gasteiger partial charge in [0.05, 0.1) is 11.6 Å². The molecule has 0 saturated heterocycles. The number of aliphatic hydroxyl groups excluding tert-OH is 1. The average molecular weight is 235 g/mol. The van der Waals surface area contributed by atoms with Crippen LogP contribution in [0, 0.1) is 5.82 Å². The lowest BCUT2D eigenvalue weighted by Crippen LogP contribution is -2.23. The summed E-state index contributed by atoms with van der Waals surface area (Å²) in [5, 5.41) is 11.9. The molecule has 0 fully saturated rings. The van der Waals surface area contributed by atoms with Gasteiger partial charge < -0.3 is 10.4 Å². The van der Waals surface area contributed by atoms with E-state index in [4.69, 9.17) is 0 Å². The van der Waals surface area contributed by atoms with E-state index in [1.165, 1.54) is 25.1 Å². The van der Waals surface area contributed by atoms with Crippen molar-refractivity contribution in [3.8, 4) is 0 Å². The number of amides is 1. The third kappa shape index (κ3) is 1.91. The lowest BCUT2D eigenvalue weighted by Gasteiger charge is -2.13. The van der Waals surface area contributed by atoms with Crippen molar-refractivity contribution < 1.29 is 19.1 Å². The van der Waals surface area contributed by atoms with E-state index >= 15 is 0 Å². The monoisotopic (exact) mass is 235 g/mol. The number of carbonyl (C=O) groups is 2. The summed E-state index contributed by atoms with van der Waals surface area (Å²) in [6.07, 6.45) is 0. The van der Waals surface area contributed by atoms with Crippen LogP contribution in [0.15, 0.2) is 35.6 Å². The number of nitrogens with one attached hydrogen (secondary N) is 1. The van der Waals surface area contributed by atoms with Crippen LogP contribution < -0.4 is 5.32 Å². The highest BCUT2D eigenvalue weighted by molar-refractivity contribution is 6.08. The van der Waals surface area contributed by atoms with Gasteiger partial charge in [-0.2, -0.15) is 0 Å². The summed E-state index contributed by atoms with van der Waals surface area (Å²) in [6.45, 7) is 1.25. The van der Waals surface area contributed by atoms with E-state index in [0.29, 0.717) is 5.56 Å². The zero-order valence-electron chi connectivity index (χ0n) is 9.03. The molecule has 4 nitrogen and oxygen atoms in total. The largest absolute Gasteiger partial charge is 0.503 e. The highest BCUT2D eigenvalue weighted by Crippen LogP contribution is 2.29. The molecule has 2 N–H and O–H groups in total. The van der Waals surface area contributed by atoms with Crippen molar-refractivity contribution >= 4 is 11.7 Å². The van der Waals surface area contributed by atoms with Crippen molar-refractivity contribution in [3.63, 3.8) is 0 Å². The summed E-state index contributed by atoms with van der Waals surface area (Å²) in [5.41, 5.74) is 0.396. The molecule has 2 rings (SSSR count). The molecule has 1 aliphatic heterocycles. The molecular formula is C12H10FNO3. The van der Waals surface area contributed by atoms with Crippen LogP contribution in [0.2, 0.25) is 0 Å². The summed E-state index contributed by atoms with van der Waals surface area (Å²) in [5.74, 6) is -2.20. The fraction of sp³-hybridized carbons (Fsp3) is 0.167. The van der Waals surface area contributed by atoms with Crippen LogP contribution in [0.3, 0.4) is 0 Å². The Labute approximate surface area is 96.8 Å². The molecule has 1 heterocycles. The molecule has 1 unspecified atom stereocenters. The summed E-state index contributed by atoms with van der Waals surface area (Å²) in [7, 11) is 0. The van der Waals surface area contributed by atoms with E-state index in [0.717, 1.165) is 0 Å². The highest BCUT2D eigenvalue weighted by atomic mass is 19.1. The molecule has 88 valence electrons. The second-order valence-electron chi connectivity index (χ2n) is 3.78. The van der Waals surface area contributed by atoms with Gasteiger partial charge in [0.1, 0.15) is 5.82 Å². The normalized spacial score (nSPS) is 19.4. The average Bonchev–Trinajstić information content (AvgIpc) is 2.55. The summed E-state index contributed by atoms with van der Waals surface area (Å²) in [4.78, 5) is 22.7. The number of Topliss-reactive ketones (excluding diaryl/α,β-unsaturated/α-hetero) is 1. The van der Waals surface area contributed by atoms with Gasteiger partial charge in [-0.3, -0.25) is 9.59 Å². The van der Waals surface area contributed by atoms with Crippen LogP contribution in [-0.4, -0.2) is 16.8 Å². The summed E-state index contributed by atoms with van der Waals surface area (Å²) in [6, 6.07) is 4.75. The molecule has 0 saturated carbocycles. The van der Waals surface area contributed by atoms with E-state index in [1.54, 1.807) is 6.07 Å². The predicted octanol–water partition coefficient (Wildman–Crippen LogP) is 1.40. The molecule has 1 aliphatic rings. The molecule has 5 heteroatoms. The van der Waals surface area contributed by atoms with E-state index in [9.17, 15) is 19.1 Å². The fourth-order valence-electron chi connectivity index (χ4n) is 1.84. The van der Waals surface area contributed by atoms with Crippen LogP contribution in [0.25, 0.3) is 0 Å². The van der Waals surface area contributed by atoms with Crippen LogP contribution in [0.5, 0.6) is 0 Å². The molecule has 0 radical (unpaired) electrons. The minimum absolute atomic E-state index is 0.0272. The van der Waals surface area contributed by atoms with Crippen molar-refractivity contribution in [1.82, 2.24) is 5.32 Å². The van der Waals surface area contributed by atoms with E-state index in [1.807, 2.05) is 0 Å². The minimum atomic E-state index is -0.782. The third-order valence-corrected chi connectivity index (χ3v) is 2.60. The van der Waals surface area contributed by atoms with Gasteiger partial charge in [-0.05, 0) is 24.6 Å². The summed E-state index contributed by atoms with van der Waals surface area (Å²) >= 11 is 0. The topological polar surface area (TPSA) is 66.4 Å². The molecule has 0 aliphatic carbocycles. The van der Waals surface area contributed by atoms with Gasteiger partial charge in [0.25, 0.3) is 5.91 Å². The third-order valence-electron chi connectivity index (χ3n) is 2.60. The maximum atomic E-state index is 13.1. The lowest BCUT2D eigenvalue weighted by atomic mass is 9.98. The van der Waals surface area contributed by atoms with Crippen molar-refractivity contribution in [3.05, 3.63) is 47.0 Å². The Morgan fingerprint density at radius 3 is 2.76 bits per heavy atom. The molecule has 0 aromatic heterocycles. The van der Waals surface area contributed by atoms with Crippen molar-refractivity contribution in [2.75, 3.05) is 0 Å². The van der Waals surface area contributed by atoms with Gasteiger partial charge in [0.15, 0.2) is 11.5 Å². The first-order valence-electron chi connectivity index (χ1n) is 5.01. The van der Waals surface area contributed by atoms with Crippen molar-refractivity contribution in [2.24, 2.45) is 0 Å². The molecular weight excluding hydrogens is 225 g/mol. The number of rotatable bonds is 2. The van der Waals surface area contributed by atoms with Crippen LogP contribution in [-0.2, 0) is 9.59 Å². The zero-order chi connectivity index (χ0) is 12.6. The SMILES string of the molecule is CC(=O)C1=C(O)C(=O)NC1c1cccc(F)c1. The number of aliphatic hydroxyl groups is 1. The van der Waals surface area contributed by atoms with Gasteiger partial charge in [-0.15, -0.1) is 0 Å². The smallest absolute Gasteiger partial charge is 0.287 e. The first kappa shape index (κ1) is 11.3. The number of carbonyl (C=O) groups excluding carboxylic acids is 2. The highest BCUT2D eigenvalue weighted by Gasteiger charge is 2.35. The Hall–Kier alpha value is -2.17. The fourth-order valence-corrected chi connectivity index (χ4v) is 1.84. The molecule has 1 aromatic carbocycles. The van der Waals surface area contributed by atoms with E-state index < -0.39 is 29.3 Å². The first-order valence-corrected chi connectivity index (χ1v) is 5.01. The van der Waals surface area contributed by atoms with Gasteiger partial charge in [0, 0.05) is 0 Å². The minimum Gasteiger partial charge on any atom is -0.503 e. The Balaban J connectivity index is 2.47. The molecule has 0 spiro atoms. The number of halogens is 1. The maximum absolute atomic E-state index is 13.1. The van der Waals surface area contributed by atoms with E-state index in [2.05, 4.69) is 5.32 Å². The number of hydrogen-bond donors (Lipinski definition) is 2. The first-order chi connectivity index (χ1) is 8.00. The van der Waals surface area contributed by atoms with Crippen LogP contribution in [0.1, 0.15) is 18.5 Å². The second kappa shape index (κ2) is 4.01. The molecule has 1 amide bonds. The van der Waals surface area contributed by atoms with Gasteiger partial charge in [-0.25, -0.2) is 4.39 Å². The Kier molecular flexibility index (Phi) is 2.67. The van der Waals surface area contributed by atoms with Crippen LogP contribution in [0.4, 0.5) is 4.39 Å². The number of ketones is 1. The van der Waals surface area contributed by atoms with Crippen LogP contribution >= 0.6 is 0 Å². The quantitative estimate of drug-likeness (QED) is 0.814. The number of benzene rings is 1. The number of hydrogen-bond acceptors (Lipinski definition) is 3. The predicted molar refractivity (Wildman–Crippen MR) is 57.6 cm³/mol.